The summed E-state index contributed by atoms with van der Waals surface area (Å²) >= 11 is 0. The van der Waals surface area contributed by atoms with Crippen molar-refractivity contribution < 1.29 is 0 Å². The van der Waals surface area contributed by atoms with Gasteiger partial charge in [0.2, 0.25) is 0 Å². The van der Waals surface area contributed by atoms with Gasteiger partial charge in [-0.2, -0.15) is 0 Å². The fraction of sp³-hybridized carbons (Fsp3) is 1.00. The summed E-state index contributed by atoms with van der Waals surface area (Å²) in [7, 11) is 0. The van der Waals surface area contributed by atoms with Crippen molar-refractivity contribution in [3.63, 3.8) is 0 Å². The second-order valence-corrected chi connectivity index (χ2v) is 9.70. The average Bonchev–Trinajstić information content (AvgIpc) is 2.82. The van der Waals surface area contributed by atoms with Gasteiger partial charge in [0.05, 0.1) is 0 Å². The Balaban J connectivity index is 5.34. The maximum absolute atomic E-state index is 3.66. The molecule has 1 unspecified atom stereocenters. The fourth-order valence-corrected chi connectivity index (χ4v) is 4.99. The Morgan fingerprint density at radius 1 is 0.455 bits per heavy atom. The second kappa shape index (κ2) is 24.9. The second-order valence-electron chi connectivity index (χ2n) is 9.70. The van der Waals surface area contributed by atoms with E-state index in [1.807, 2.05) is 0 Å². The van der Waals surface area contributed by atoms with Crippen molar-refractivity contribution in [2.75, 3.05) is 65.4 Å². The predicted molar refractivity (Wildman–Crippen MR) is 150 cm³/mol. The number of nitrogens with one attached hydrogen (secondary N) is 4. The zero-order valence-electron chi connectivity index (χ0n) is 23.5. The molecule has 0 saturated heterocycles. The van der Waals surface area contributed by atoms with Gasteiger partial charge in [-0.1, -0.05) is 60.3 Å². The van der Waals surface area contributed by atoms with Crippen LogP contribution in [0.2, 0.25) is 0 Å². The quantitative estimate of drug-likeness (QED) is 0.125. The highest BCUT2D eigenvalue weighted by Gasteiger charge is 2.34. The van der Waals surface area contributed by atoms with E-state index < -0.39 is 0 Å². The maximum atomic E-state index is 3.66. The first-order chi connectivity index (χ1) is 16.2. The van der Waals surface area contributed by atoms with E-state index in [-0.39, 0.29) is 0 Å². The molecule has 0 fully saturated rings. The van der Waals surface area contributed by atoms with Gasteiger partial charge in [0, 0.05) is 5.54 Å². The summed E-state index contributed by atoms with van der Waals surface area (Å²) in [6.45, 7) is 22.7. The molecule has 0 aromatic carbocycles. The molecule has 0 bridgehead atoms. The molecule has 5 nitrogen and oxygen atoms in total. The molecule has 0 rings (SSSR count). The van der Waals surface area contributed by atoms with Gasteiger partial charge in [0.25, 0.3) is 0 Å². The molecule has 4 N–H and O–H groups in total. The smallest absolute Gasteiger partial charge is 0.0222 e. The van der Waals surface area contributed by atoms with Crippen LogP contribution in [0.5, 0.6) is 0 Å². The van der Waals surface area contributed by atoms with Crippen molar-refractivity contribution in [3.05, 3.63) is 0 Å². The van der Waals surface area contributed by atoms with Gasteiger partial charge in [-0.3, -0.25) is 4.90 Å². The molecule has 0 amide bonds. The van der Waals surface area contributed by atoms with Crippen LogP contribution in [0.15, 0.2) is 0 Å². The minimum atomic E-state index is 0.354. The zero-order valence-corrected chi connectivity index (χ0v) is 23.5. The Bertz CT molecular complexity index is 367. The largest absolute Gasteiger partial charge is 0.317 e. The summed E-state index contributed by atoms with van der Waals surface area (Å²) < 4.78 is 0. The van der Waals surface area contributed by atoms with Gasteiger partial charge >= 0.3 is 0 Å². The van der Waals surface area contributed by atoms with Crippen molar-refractivity contribution >= 4 is 0 Å². The number of nitrogens with zero attached hydrogens (tertiary/aromatic N) is 1. The van der Waals surface area contributed by atoms with Gasteiger partial charge in [-0.25, -0.2) is 0 Å². The van der Waals surface area contributed by atoms with Crippen molar-refractivity contribution in [1.82, 2.24) is 26.2 Å². The van der Waals surface area contributed by atoms with Crippen molar-refractivity contribution in [2.45, 2.75) is 117 Å². The van der Waals surface area contributed by atoms with Crippen LogP contribution in [0.25, 0.3) is 0 Å². The first-order valence-corrected chi connectivity index (χ1v) is 14.8. The third kappa shape index (κ3) is 17.8. The summed E-state index contributed by atoms with van der Waals surface area (Å²) in [5, 5.41) is 14.3. The average molecular weight is 470 g/mol. The third-order valence-electron chi connectivity index (χ3n) is 6.99. The van der Waals surface area contributed by atoms with Gasteiger partial charge in [-0.05, 0) is 117 Å². The summed E-state index contributed by atoms with van der Waals surface area (Å²) in [6.07, 6.45) is 15.9. The van der Waals surface area contributed by atoms with E-state index in [1.54, 1.807) is 0 Å². The Hall–Kier alpha value is -0.200. The Kier molecular flexibility index (Phi) is 24.8. The highest BCUT2D eigenvalue weighted by Crippen LogP contribution is 2.33. The van der Waals surface area contributed by atoms with E-state index in [0.29, 0.717) is 5.54 Å². The number of hydrogen-bond acceptors (Lipinski definition) is 5. The first kappa shape index (κ1) is 32.8. The molecule has 0 aromatic heterocycles. The molecule has 1 atom stereocenters. The maximum Gasteiger partial charge on any atom is 0.0222 e. The Morgan fingerprint density at radius 2 is 0.939 bits per heavy atom. The van der Waals surface area contributed by atoms with Crippen LogP contribution < -0.4 is 21.3 Å². The Labute approximate surface area is 209 Å². The zero-order chi connectivity index (χ0) is 24.5. The van der Waals surface area contributed by atoms with Crippen molar-refractivity contribution in [1.29, 1.82) is 0 Å². The van der Waals surface area contributed by atoms with Crippen molar-refractivity contribution in [3.8, 4) is 0 Å². The van der Waals surface area contributed by atoms with Crippen LogP contribution in [-0.2, 0) is 0 Å². The normalized spacial score (nSPS) is 13.6. The van der Waals surface area contributed by atoms with Crippen LogP contribution in [0.1, 0.15) is 112 Å². The molecule has 0 heterocycles. The molecule has 0 saturated carbocycles. The Morgan fingerprint density at radius 3 is 1.52 bits per heavy atom. The van der Waals surface area contributed by atoms with Gasteiger partial charge in [0.15, 0.2) is 0 Å². The van der Waals surface area contributed by atoms with Crippen LogP contribution >= 0.6 is 0 Å². The van der Waals surface area contributed by atoms with Gasteiger partial charge in [-0.15, -0.1) is 0 Å². The SMILES string of the molecule is CCCCCC(CCCNCC)(CCNCC)N(CCCCCNCC)CCCCNCC. The minimum absolute atomic E-state index is 0.354. The standard InChI is InChI=1S/C28H63N5/c1-6-11-13-19-28(21-25-32-10-5,20-18-24-31-9-4)33(27-17-15-23-30-8-3)26-16-12-14-22-29-7-2/h29-32H,6-27H2,1-5H3. The van der Waals surface area contributed by atoms with E-state index in [0.717, 1.165) is 45.8 Å². The summed E-state index contributed by atoms with van der Waals surface area (Å²) in [5.41, 5.74) is 0.354. The monoisotopic (exact) mass is 470 g/mol. The molecular weight excluding hydrogens is 406 g/mol. The molecule has 0 radical (unpaired) electrons. The van der Waals surface area contributed by atoms with Crippen LogP contribution in [0.3, 0.4) is 0 Å². The summed E-state index contributed by atoms with van der Waals surface area (Å²) in [4.78, 5) is 2.96. The molecule has 0 spiro atoms. The fourth-order valence-electron chi connectivity index (χ4n) is 4.99. The molecule has 200 valence electrons. The first-order valence-electron chi connectivity index (χ1n) is 14.8. The topological polar surface area (TPSA) is 51.4 Å². The van der Waals surface area contributed by atoms with Crippen LogP contribution in [-0.4, -0.2) is 75.9 Å². The highest BCUT2D eigenvalue weighted by molar-refractivity contribution is 4.92. The highest BCUT2D eigenvalue weighted by atomic mass is 15.2. The van der Waals surface area contributed by atoms with Crippen LogP contribution in [0, 0.1) is 0 Å². The lowest BCUT2D eigenvalue weighted by atomic mass is 9.81. The summed E-state index contributed by atoms with van der Waals surface area (Å²) in [5.74, 6) is 0. The lowest BCUT2D eigenvalue weighted by Crippen LogP contribution is -2.51. The molecule has 0 aliphatic carbocycles. The predicted octanol–water partition coefficient (Wildman–Crippen LogP) is 5.17. The molecule has 0 aliphatic heterocycles. The minimum Gasteiger partial charge on any atom is -0.317 e. The van der Waals surface area contributed by atoms with Crippen molar-refractivity contribution in [2.24, 2.45) is 0 Å². The van der Waals surface area contributed by atoms with E-state index in [9.17, 15) is 0 Å². The molecular formula is C28H63N5. The lowest BCUT2D eigenvalue weighted by Gasteiger charge is -2.46. The van der Waals surface area contributed by atoms with Gasteiger partial charge in [0.1, 0.15) is 0 Å². The van der Waals surface area contributed by atoms with E-state index in [4.69, 9.17) is 0 Å². The number of hydrogen-bond donors (Lipinski definition) is 4. The lowest BCUT2D eigenvalue weighted by molar-refractivity contribution is 0.0523. The summed E-state index contributed by atoms with van der Waals surface area (Å²) in [6, 6.07) is 0. The number of rotatable bonds is 27. The van der Waals surface area contributed by atoms with Gasteiger partial charge < -0.3 is 21.3 Å². The molecule has 33 heavy (non-hydrogen) atoms. The molecule has 5 heteroatoms. The van der Waals surface area contributed by atoms with E-state index >= 15 is 0 Å². The molecule has 0 aliphatic rings. The third-order valence-corrected chi connectivity index (χ3v) is 6.99. The number of unbranched alkanes of at least 4 members (excludes halogenated alkanes) is 5. The molecule has 0 aromatic rings. The van der Waals surface area contributed by atoms with Crippen LogP contribution in [0.4, 0.5) is 0 Å². The van der Waals surface area contributed by atoms with E-state index in [2.05, 4.69) is 60.8 Å². The van der Waals surface area contributed by atoms with E-state index in [1.165, 1.54) is 96.7 Å².